The maximum absolute atomic E-state index is 12.1. The molecule has 0 aromatic heterocycles. The van der Waals surface area contributed by atoms with Crippen molar-refractivity contribution in [2.45, 2.75) is 45.6 Å². The molecule has 1 unspecified atom stereocenters. The van der Waals surface area contributed by atoms with E-state index < -0.39 is 17.4 Å². The maximum atomic E-state index is 12.1. The second-order valence-corrected chi connectivity index (χ2v) is 7.08. The molecule has 2 N–H and O–H groups in total. The largest absolute Gasteiger partial charge is 0.480 e. The minimum absolute atomic E-state index is 0.241. The van der Waals surface area contributed by atoms with Gasteiger partial charge < -0.3 is 10.4 Å². The molecule has 0 aliphatic heterocycles. The Morgan fingerprint density at radius 1 is 1.24 bits per heavy atom. The highest BCUT2D eigenvalue weighted by Gasteiger charge is 2.30. The van der Waals surface area contributed by atoms with Crippen LogP contribution in [0.1, 0.15) is 31.9 Å². The molecule has 0 heterocycles. The van der Waals surface area contributed by atoms with Crippen LogP contribution in [0.25, 0.3) is 0 Å². The van der Waals surface area contributed by atoms with Crippen molar-refractivity contribution in [3.8, 4) is 0 Å². The molecule has 4 nitrogen and oxygen atoms in total. The van der Waals surface area contributed by atoms with Crippen LogP contribution in [0.15, 0.2) is 23.1 Å². The topological polar surface area (TPSA) is 66.4 Å². The quantitative estimate of drug-likeness (QED) is 0.793. The summed E-state index contributed by atoms with van der Waals surface area (Å²) in [6.45, 7) is 9.21. The molecule has 5 heteroatoms. The monoisotopic (exact) mass is 309 g/mol. The number of aliphatic carboxylic acids is 1. The number of carboxylic acid groups (broad SMARTS) is 1. The van der Waals surface area contributed by atoms with Gasteiger partial charge in [-0.15, -0.1) is 11.8 Å². The normalized spacial score (nSPS) is 12.8. The number of aryl methyl sites for hydroxylation is 2. The molecule has 0 saturated heterocycles. The van der Waals surface area contributed by atoms with Gasteiger partial charge in [0.05, 0.1) is 5.41 Å². The predicted octanol–water partition coefficient (Wildman–Crippen LogP) is 3.01. The zero-order valence-corrected chi connectivity index (χ0v) is 14.0. The van der Waals surface area contributed by atoms with Crippen LogP contribution < -0.4 is 5.32 Å². The maximum Gasteiger partial charge on any atom is 0.325 e. The van der Waals surface area contributed by atoms with Gasteiger partial charge in [-0.3, -0.25) is 9.59 Å². The fourth-order valence-electron chi connectivity index (χ4n) is 1.80. The number of thioether (sulfide) groups is 1. The van der Waals surface area contributed by atoms with Crippen molar-refractivity contribution < 1.29 is 14.7 Å². The minimum Gasteiger partial charge on any atom is -0.480 e. The number of rotatable bonds is 6. The molecule has 116 valence electrons. The van der Waals surface area contributed by atoms with E-state index in [1.54, 1.807) is 11.8 Å². The number of hydrogen-bond acceptors (Lipinski definition) is 3. The van der Waals surface area contributed by atoms with E-state index in [0.29, 0.717) is 5.75 Å². The summed E-state index contributed by atoms with van der Waals surface area (Å²) in [7, 11) is 0. The fourth-order valence-corrected chi connectivity index (χ4v) is 3.00. The first-order valence-electron chi connectivity index (χ1n) is 6.86. The van der Waals surface area contributed by atoms with Crippen molar-refractivity contribution in [2.24, 2.45) is 5.41 Å². The number of amides is 1. The molecule has 1 aromatic rings. The molecule has 0 aliphatic carbocycles. The average molecular weight is 309 g/mol. The van der Waals surface area contributed by atoms with Gasteiger partial charge in [-0.1, -0.05) is 19.9 Å². The molecule has 1 rings (SSSR count). The third kappa shape index (κ3) is 5.42. The van der Waals surface area contributed by atoms with Gasteiger partial charge in [0.2, 0.25) is 5.91 Å². The van der Waals surface area contributed by atoms with E-state index >= 15 is 0 Å². The van der Waals surface area contributed by atoms with Gasteiger partial charge in [0, 0.05) is 10.6 Å². The first kappa shape index (κ1) is 17.6. The lowest BCUT2D eigenvalue weighted by atomic mass is 9.95. The summed E-state index contributed by atoms with van der Waals surface area (Å²) < 4.78 is 0. The molecule has 0 spiro atoms. The summed E-state index contributed by atoms with van der Waals surface area (Å²) in [5, 5.41) is 11.4. The first-order chi connectivity index (χ1) is 9.61. The number of carboxylic acids is 1. The van der Waals surface area contributed by atoms with Crippen LogP contribution in [0, 0.1) is 19.3 Å². The second-order valence-electron chi connectivity index (χ2n) is 6.03. The lowest BCUT2D eigenvalue weighted by Crippen LogP contribution is -2.46. The summed E-state index contributed by atoms with van der Waals surface area (Å²) in [6, 6.07) is 5.41. The van der Waals surface area contributed by atoms with Gasteiger partial charge in [0.1, 0.15) is 6.04 Å². The highest BCUT2D eigenvalue weighted by atomic mass is 32.2. The fraction of sp³-hybridized carbons (Fsp3) is 0.500. The summed E-state index contributed by atoms with van der Waals surface area (Å²) in [6.07, 6.45) is 0. The number of benzene rings is 1. The van der Waals surface area contributed by atoms with Crippen LogP contribution >= 0.6 is 11.8 Å². The van der Waals surface area contributed by atoms with Crippen molar-refractivity contribution in [1.29, 1.82) is 0 Å². The molecule has 0 saturated carbocycles. The Hall–Kier alpha value is -1.49. The number of carbonyl (C=O) groups excluding carboxylic acids is 1. The molecule has 1 atom stereocenters. The zero-order chi connectivity index (χ0) is 16.2. The third-order valence-corrected chi connectivity index (χ3v) is 4.56. The van der Waals surface area contributed by atoms with Crippen LogP contribution in [0.4, 0.5) is 0 Å². The van der Waals surface area contributed by atoms with Crippen LogP contribution in [-0.4, -0.2) is 28.8 Å². The van der Waals surface area contributed by atoms with Gasteiger partial charge in [-0.2, -0.15) is 0 Å². The Bertz CT molecular complexity index is 520. The molecule has 0 bridgehead atoms. The number of hydrogen-bond donors (Lipinski definition) is 2. The lowest BCUT2D eigenvalue weighted by molar-refractivity contribution is -0.142. The Morgan fingerprint density at radius 2 is 1.76 bits per heavy atom. The van der Waals surface area contributed by atoms with E-state index in [0.717, 1.165) is 4.90 Å². The van der Waals surface area contributed by atoms with Gasteiger partial charge >= 0.3 is 5.97 Å². The summed E-state index contributed by atoms with van der Waals surface area (Å²) in [5.41, 5.74) is 1.75. The van der Waals surface area contributed by atoms with E-state index in [9.17, 15) is 9.59 Å². The van der Waals surface area contributed by atoms with Crippen molar-refractivity contribution >= 4 is 23.6 Å². The van der Waals surface area contributed by atoms with Crippen molar-refractivity contribution in [3.63, 3.8) is 0 Å². The number of carbonyl (C=O) groups is 2. The van der Waals surface area contributed by atoms with Crippen LogP contribution in [0.5, 0.6) is 0 Å². The first-order valence-corrected chi connectivity index (χ1v) is 7.85. The molecule has 1 aromatic carbocycles. The summed E-state index contributed by atoms with van der Waals surface area (Å²) in [4.78, 5) is 24.1. The lowest BCUT2D eigenvalue weighted by Gasteiger charge is -2.24. The SMILES string of the molecule is Cc1cc(C)cc(SCC(C)(C)C(=O)NC(C)C(=O)O)c1. The van der Waals surface area contributed by atoms with Crippen LogP contribution in [0.2, 0.25) is 0 Å². The molecule has 0 radical (unpaired) electrons. The predicted molar refractivity (Wildman–Crippen MR) is 85.7 cm³/mol. The number of nitrogens with one attached hydrogen (secondary N) is 1. The molecule has 1 amide bonds. The van der Waals surface area contributed by atoms with Crippen molar-refractivity contribution in [3.05, 3.63) is 29.3 Å². The van der Waals surface area contributed by atoms with Gasteiger partial charge in [0.25, 0.3) is 0 Å². The zero-order valence-electron chi connectivity index (χ0n) is 13.2. The molecule has 0 fully saturated rings. The smallest absolute Gasteiger partial charge is 0.325 e. The van der Waals surface area contributed by atoms with E-state index in [4.69, 9.17) is 5.11 Å². The molecular formula is C16H23NO3S. The van der Waals surface area contributed by atoms with E-state index in [1.807, 2.05) is 27.7 Å². The Balaban J connectivity index is 2.67. The molecule has 21 heavy (non-hydrogen) atoms. The Labute approximate surface area is 130 Å². The molecule has 0 aliphatic rings. The molecular weight excluding hydrogens is 286 g/mol. The Kier molecular flexibility index (Phi) is 5.84. The van der Waals surface area contributed by atoms with E-state index in [1.165, 1.54) is 18.1 Å². The Morgan fingerprint density at radius 3 is 2.24 bits per heavy atom. The second kappa shape index (κ2) is 6.98. The van der Waals surface area contributed by atoms with E-state index in [2.05, 4.69) is 23.5 Å². The van der Waals surface area contributed by atoms with Gasteiger partial charge in [0.15, 0.2) is 0 Å². The highest BCUT2D eigenvalue weighted by molar-refractivity contribution is 7.99. The van der Waals surface area contributed by atoms with Crippen LogP contribution in [0.3, 0.4) is 0 Å². The minimum atomic E-state index is -1.03. The van der Waals surface area contributed by atoms with Crippen molar-refractivity contribution in [2.75, 3.05) is 5.75 Å². The van der Waals surface area contributed by atoms with Gasteiger partial charge in [-0.05, 0) is 44.0 Å². The average Bonchev–Trinajstić information content (AvgIpc) is 2.35. The summed E-state index contributed by atoms with van der Waals surface area (Å²) >= 11 is 1.61. The standard InChI is InChI=1S/C16H23NO3S/c1-10-6-11(2)8-13(7-10)21-9-16(4,5)15(20)17-12(3)14(18)19/h6-8,12H,9H2,1-5H3,(H,17,20)(H,18,19). The third-order valence-electron chi connectivity index (χ3n) is 3.13. The highest BCUT2D eigenvalue weighted by Crippen LogP contribution is 2.29. The summed E-state index contributed by atoms with van der Waals surface area (Å²) in [5.74, 6) is -0.677. The van der Waals surface area contributed by atoms with Gasteiger partial charge in [-0.25, -0.2) is 0 Å². The van der Waals surface area contributed by atoms with Crippen molar-refractivity contribution in [1.82, 2.24) is 5.32 Å². The van der Waals surface area contributed by atoms with Crippen LogP contribution in [-0.2, 0) is 9.59 Å². The van der Waals surface area contributed by atoms with E-state index in [-0.39, 0.29) is 5.91 Å².